The fraction of sp³-hybridized carbons (Fsp3) is 0.591. The fourth-order valence-corrected chi connectivity index (χ4v) is 3.16. The van der Waals surface area contributed by atoms with Crippen LogP contribution in [-0.4, -0.2) is 41.7 Å². The molecule has 6 heteroatoms. The summed E-state index contributed by atoms with van der Waals surface area (Å²) in [5.74, 6) is 2.57. The predicted octanol–water partition coefficient (Wildman–Crippen LogP) is 4.73. The normalized spacial score (nSPS) is 11.0. The lowest BCUT2D eigenvalue weighted by atomic mass is 10.1. The Bertz CT molecular complexity index is 774. The number of pyridine rings is 1. The van der Waals surface area contributed by atoms with E-state index in [2.05, 4.69) is 49.8 Å². The molecule has 0 atom stereocenters. The van der Waals surface area contributed by atoms with E-state index in [1.54, 1.807) is 7.11 Å². The number of aryl methyl sites for hydroxylation is 2. The molecule has 2 rings (SSSR count). The van der Waals surface area contributed by atoms with Gasteiger partial charge in [-0.05, 0) is 32.6 Å². The van der Waals surface area contributed by atoms with Crippen molar-refractivity contribution in [3.63, 3.8) is 0 Å². The molecule has 1 N–H and O–H groups in total. The van der Waals surface area contributed by atoms with Crippen LogP contribution in [0, 0.1) is 0 Å². The first-order valence-electron chi connectivity index (χ1n) is 10.4. The molecule has 0 aliphatic carbocycles. The first kappa shape index (κ1) is 21.9. The highest BCUT2D eigenvalue weighted by Crippen LogP contribution is 2.34. The first-order chi connectivity index (χ1) is 13.5. The summed E-state index contributed by atoms with van der Waals surface area (Å²) >= 11 is 0. The molecule has 0 saturated carbocycles. The minimum absolute atomic E-state index is 0.412. The first-order valence-corrected chi connectivity index (χ1v) is 10.4. The molecule has 28 heavy (non-hydrogen) atoms. The van der Waals surface area contributed by atoms with Crippen LogP contribution in [0.1, 0.15) is 58.8 Å². The minimum atomic E-state index is 0.412. The number of hydrogen-bond donors (Lipinski definition) is 1. The van der Waals surface area contributed by atoms with Gasteiger partial charge in [0.25, 0.3) is 0 Å². The van der Waals surface area contributed by atoms with E-state index < -0.39 is 0 Å². The van der Waals surface area contributed by atoms with Crippen LogP contribution >= 0.6 is 0 Å². The van der Waals surface area contributed by atoms with Crippen molar-refractivity contribution in [2.24, 2.45) is 0 Å². The van der Waals surface area contributed by atoms with Crippen molar-refractivity contribution < 1.29 is 4.74 Å². The zero-order chi connectivity index (χ0) is 20.7. The molecule has 2 aromatic heterocycles. The molecular formula is C22H35N5O. The van der Waals surface area contributed by atoms with E-state index in [1.165, 1.54) is 0 Å². The Kier molecular flexibility index (Phi) is 8.03. The lowest BCUT2D eigenvalue weighted by molar-refractivity contribution is 0.415. The second kappa shape index (κ2) is 10.2. The van der Waals surface area contributed by atoms with E-state index in [4.69, 9.17) is 14.7 Å². The van der Waals surface area contributed by atoms with Gasteiger partial charge >= 0.3 is 0 Å². The highest BCUT2D eigenvalue weighted by molar-refractivity contribution is 5.71. The third-order valence-electron chi connectivity index (χ3n) is 5.23. The zero-order valence-corrected chi connectivity index (χ0v) is 18.5. The van der Waals surface area contributed by atoms with Crippen LogP contribution < -0.4 is 15.0 Å². The Labute approximate surface area is 169 Å². The molecule has 0 amide bonds. The standard InChI is InChI=1S/C22H35N5O/c1-8-15(9-2)24-22-18(11-4)25-21(17(10-3)26-22)16-14-23-20(27(6)12-5)13-19(16)28-7/h13-15H,8-12H2,1-7H3,(H,24,26). The summed E-state index contributed by atoms with van der Waals surface area (Å²) in [5, 5.41) is 3.58. The van der Waals surface area contributed by atoms with Crippen molar-refractivity contribution >= 4 is 11.6 Å². The molecule has 2 aromatic rings. The molecule has 0 spiro atoms. The maximum Gasteiger partial charge on any atom is 0.148 e. The lowest BCUT2D eigenvalue weighted by Crippen LogP contribution is -2.20. The van der Waals surface area contributed by atoms with Crippen molar-refractivity contribution in [2.45, 2.75) is 66.3 Å². The number of ether oxygens (including phenoxy) is 1. The number of rotatable bonds is 10. The largest absolute Gasteiger partial charge is 0.496 e. The molecule has 0 bridgehead atoms. The van der Waals surface area contributed by atoms with Gasteiger partial charge in [0.05, 0.1) is 29.8 Å². The summed E-state index contributed by atoms with van der Waals surface area (Å²) in [6.07, 6.45) is 5.60. The van der Waals surface area contributed by atoms with E-state index in [9.17, 15) is 0 Å². The fourth-order valence-electron chi connectivity index (χ4n) is 3.16. The van der Waals surface area contributed by atoms with Crippen molar-refractivity contribution in [3.05, 3.63) is 23.7 Å². The van der Waals surface area contributed by atoms with Gasteiger partial charge in [0.15, 0.2) is 0 Å². The van der Waals surface area contributed by atoms with Crippen molar-refractivity contribution in [3.8, 4) is 17.0 Å². The van der Waals surface area contributed by atoms with Crippen LogP contribution in [0.2, 0.25) is 0 Å². The van der Waals surface area contributed by atoms with Crippen LogP contribution in [0.5, 0.6) is 5.75 Å². The Balaban J connectivity index is 2.56. The molecule has 2 heterocycles. The van der Waals surface area contributed by atoms with E-state index in [-0.39, 0.29) is 0 Å². The van der Waals surface area contributed by atoms with Crippen LogP contribution in [0.25, 0.3) is 11.3 Å². The van der Waals surface area contributed by atoms with Crippen molar-refractivity contribution in [2.75, 3.05) is 30.9 Å². The predicted molar refractivity (Wildman–Crippen MR) is 118 cm³/mol. The summed E-state index contributed by atoms with van der Waals surface area (Å²) in [7, 11) is 3.71. The highest BCUT2D eigenvalue weighted by Gasteiger charge is 2.19. The molecular weight excluding hydrogens is 350 g/mol. The zero-order valence-electron chi connectivity index (χ0n) is 18.5. The second-order valence-corrected chi connectivity index (χ2v) is 6.94. The third kappa shape index (κ3) is 4.72. The van der Waals surface area contributed by atoms with Gasteiger partial charge < -0.3 is 15.0 Å². The number of nitrogens with one attached hydrogen (secondary N) is 1. The van der Waals surface area contributed by atoms with Crippen LogP contribution in [0.3, 0.4) is 0 Å². The molecule has 154 valence electrons. The van der Waals surface area contributed by atoms with Gasteiger partial charge in [-0.15, -0.1) is 0 Å². The Morgan fingerprint density at radius 2 is 1.71 bits per heavy atom. The number of nitrogens with zero attached hydrogens (tertiary/aromatic N) is 4. The van der Waals surface area contributed by atoms with Crippen molar-refractivity contribution in [1.29, 1.82) is 0 Å². The quantitative estimate of drug-likeness (QED) is 0.638. The smallest absolute Gasteiger partial charge is 0.148 e. The summed E-state index contributed by atoms with van der Waals surface area (Å²) in [6, 6.07) is 2.39. The van der Waals surface area contributed by atoms with Gasteiger partial charge in [0, 0.05) is 31.9 Å². The summed E-state index contributed by atoms with van der Waals surface area (Å²) in [6.45, 7) is 11.6. The Hall–Kier alpha value is -2.37. The monoisotopic (exact) mass is 385 g/mol. The van der Waals surface area contributed by atoms with Gasteiger partial charge in [0.1, 0.15) is 17.4 Å². The van der Waals surface area contributed by atoms with E-state index in [0.29, 0.717) is 6.04 Å². The van der Waals surface area contributed by atoms with Crippen LogP contribution in [0.4, 0.5) is 11.6 Å². The number of aromatic nitrogens is 3. The second-order valence-electron chi connectivity index (χ2n) is 6.94. The minimum Gasteiger partial charge on any atom is -0.496 e. The average Bonchev–Trinajstić information content (AvgIpc) is 2.75. The molecule has 0 aliphatic heterocycles. The van der Waals surface area contributed by atoms with Crippen molar-refractivity contribution in [1.82, 2.24) is 15.0 Å². The molecule has 0 unspecified atom stereocenters. The van der Waals surface area contributed by atoms with E-state index in [0.717, 1.165) is 72.3 Å². The Morgan fingerprint density at radius 3 is 2.25 bits per heavy atom. The maximum atomic E-state index is 5.69. The van der Waals surface area contributed by atoms with E-state index in [1.807, 2.05) is 19.3 Å². The molecule has 0 fully saturated rings. The number of hydrogen-bond acceptors (Lipinski definition) is 6. The highest BCUT2D eigenvalue weighted by atomic mass is 16.5. The molecule has 0 saturated heterocycles. The van der Waals surface area contributed by atoms with E-state index >= 15 is 0 Å². The number of anilines is 2. The van der Waals surface area contributed by atoms with Gasteiger partial charge in [-0.2, -0.15) is 0 Å². The summed E-state index contributed by atoms with van der Waals surface area (Å²) < 4.78 is 5.69. The number of methoxy groups -OCH3 is 1. The molecule has 0 aromatic carbocycles. The van der Waals surface area contributed by atoms with Crippen LogP contribution in [0.15, 0.2) is 12.3 Å². The third-order valence-corrected chi connectivity index (χ3v) is 5.23. The van der Waals surface area contributed by atoms with Crippen LogP contribution in [-0.2, 0) is 12.8 Å². The SMILES string of the molecule is CCc1nc(-c2cnc(N(C)CC)cc2OC)c(CC)nc1NC(CC)CC. The molecule has 6 nitrogen and oxygen atoms in total. The van der Waals surface area contributed by atoms with Gasteiger partial charge in [0.2, 0.25) is 0 Å². The summed E-state index contributed by atoms with van der Waals surface area (Å²) in [5.41, 5.74) is 3.70. The molecule has 0 radical (unpaired) electrons. The topological polar surface area (TPSA) is 63.2 Å². The summed E-state index contributed by atoms with van der Waals surface area (Å²) in [4.78, 5) is 16.7. The lowest BCUT2D eigenvalue weighted by Gasteiger charge is -2.21. The molecule has 0 aliphatic rings. The average molecular weight is 386 g/mol. The van der Waals surface area contributed by atoms with Gasteiger partial charge in [-0.3, -0.25) is 0 Å². The van der Waals surface area contributed by atoms with Gasteiger partial charge in [-0.25, -0.2) is 15.0 Å². The maximum absolute atomic E-state index is 5.69. The van der Waals surface area contributed by atoms with Gasteiger partial charge in [-0.1, -0.05) is 27.7 Å². The Morgan fingerprint density at radius 1 is 1.04 bits per heavy atom.